The molecule has 1 aliphatic rings. The van der Waals surface area contributed by atoms with Crippen LogP contribution in [-0.2, 0) is 14.3 Å². The molecule has 0 amide bonds. The summed E-state index contributed by atoms with van der Waals surface area (Å²) in [5.74, 6) is -0.643. The number of hydrogen-bond donors (Lipinski definition) is 1. The lowest BCUT2D eigenvalue weighted by Crippen LogP contribution is -2.20. The number of hydrogen-bond acceptors (Lipinski definition) is 4. The smallest absolute Gasteiger partial charge is 0.305 e. The molecule has 0 aliphatic heterocycles. The first-order valence-electron chi connectivity index (χ1n) is 6.50. The Balaban J connectivity index is 2.69. The van der Waals surface area contributed by atoms with Crippen LogP contribution in [0.4, 0.5) is 0 Å². The van der Waals surface area contributed by atoms with Crippen LogP contribution in [0.25, 0.3) is 0 Å². The van der Waals surface area contributed by atoms with Crippen molar-refractivity contribution >= 4 is 11.8 Å². The van der Waals surface area contributed by atoms with Crippen molar-refractivity contribution in [1.82, 2.24) is 0 Å². The average molecular weight is 254 g/mol. The molecule has 102 valence electrons. The van der Waals surface area contributed by atoms with E-state index in [1.807, 2.05) is 19.1 Å². The van der Waals surface area contributed by atoms with E-state index in [9.17, 15) is 14.7 Å². The van der Waals surface area contributed by atoms with E-state index < -0.39 is 0 Å². The normalized spacial score (nSPS) is 27.9. The van der Waals surface area contributed by atoms with Gasteiger partial charge in [-0.2, -0.15) is 0 Å². The molecule has 4 nitrogen and oxygen atoms in total. The number of methoxy groups -OCH3 is 1. The fraction of sp³-hybridized carbons (Fsp3) is 0.714. The van der Waals surface area contributed by atoms with Crippen molar-refractivity contribution in [2.24, 2.45) is 17.8 Å². The van der Waals surface area contributed by atoms with Crippen molar-refractivity contribution < 1.29 is 19.4 Å². The van der Waals surface area contributed by atoms with Gasteiger partial charge < -0.3 is 9.84 Å². The summed E-state index contributed by atoms with van der Waals surface area (Å²) >= 11 is 0. The molecule has 0 heterocycles. The molecule has 0 aromatic rings. The van der Waals surface area contributed by atoms with Gasteiger partial charge in [0, 0.05) is 18.3 Å². The molecule has 0 radical (unpaired) electrons. The van der Waals surface area contributed by atoms with Crippen LogP contribution < -0.4 is 0 Å². The zero-order valence-corrected chi connectivity index (χ0v) is 11.1. The number of allylic oxidation sites excluding steroid dienone is 2. The minimum atomic E-state index is -0.306. The summed E-state index contributed by atoms with van der Waals surface area (Å²) in [5, 5.41) is 9.18. The van der Waals surface area contributed by atoms with Crippen molar-refractivity contribution in [3.63, 3.8) is 0 Å². The molecule has 3 unspecified atom stereocenters. The SMILES string of the molecule is CC/C=C/CC1C(=O)C(CO)CC1CC(=O)OC. The first-order valence-corrected chi connectivity index (χ1v) is 6.50. The van der Waals surface area contributed by atoms with E-state index in [4.69, 9.17) is 0 Å². The van der Waals surface area contributed by atoms with Gasteiger partial charge >= 0.3 is 5.97 Å². The van der Waals surface area contributed by atoms with Gasteiger partial charge in [0.05, 0.1) is 13.7 Å². The molecular weight excluding hydrogens is 232 g/mol. The highest BCUT2D eigenvalue weighted by atomic mass is 16.5. The van der Waals surface area contributed by atoms with Crippen molar-refractivity contribution in [3.05, 3.63) is 12.2 Å². The lowest BCUT2D eigenvalue weighted by molar-refractivity contribution is -0.142. The maximum absolute atomic E-state index is 12.1. The lowest BCUT2D eigenvalue weighted by atomic mass is 9.89. The highest BCUT2D eigenvalue weighted by molar-refractivity contribution is 5.87. The molecular formula is C14H22O4. The summed E-state index contributed by atoms with van der Waals surface area (Å²) in [4.78, 5) is 23.4. The summed E-state index contributed by atoms with van der Waals surface area (Å²) in [6.45, 7) is 1.92. The van der Waals surface area contributed by atoms with E-state index in [1.54, 1.807) is 0 Å². The summed E-state index contributed by atoms with van der Waals surface area (Å²) in [6.07, 6.45) is 6.47. The zero-order valence-electron chi connectivity index (χ0n) is 11.1. The van der Waals surface area contributed by atoms with Gasteiger partial charge in [0.1, 0.15) is 5.78 Å². The molecule has 1 rings (SSSR count). The lowest BCUT2D eigenvalue weighted by Gasteiger charge is -2.15. The Kier molecular flexibility index (Phi) is 6.05. The zero-order chi connectivity index (χ0) is 13.5. The second-order valence-corrected chi connectivity index (χ2v) is 4.78. The molecule has 4 heteroatoms. The van der Waals surface area contributed by atoms with E-state index in [-0.39, 0.29) is 42.5 Å². The number of esters is 1. The van der Waals surface area contributed by atoms with Crippen LogP contribution in [0.1, 0.15) is 32.6 Å². The Bertz CT molecular complexity index is 322. The first kappa shape index (κ1) is 14.9. The Morgan fingerprint density at radius 2 is 2.22 bits per heavy atom. The number of ether oxygens (including phenoxy) is 1. The number of Topliss-reactive ketones (excluding diaryl/α,β-unsaturated/α-hetero) is 1. The highest BCUT2D eigenvalue weighted by Gasteiger charge is 2.41. The van der Waals surface area contributed by atoms with E-state index in [1.165, 1.54) is 7.11 Å². The minimum absolute atomic E-state index is 0.00334. The number of carbonyl (C=O) groups is 2. The largest absolute Gasteiger partial charge is 0.469 e. The fourth-order valence-corrected chi connectivity index (χ4v) is 2.59. The molecule has 1 N–H and O–H groups in total. The van der Waals surface area contributed by atoms with E-state index in [2.05, 4.69) is 4.74 Å². The topological polar surface area (TPSA) is 63.6 Å². The van der Waals surface area contributed by atoms with Gasteiger partial charge in [-0.15, -0.1) is 0 Å². The number of rotatable bonds is 6. The van der Waals surface area contributed by atoms with Crippen molar-refractivity contribution in [2.75, 3.05) is 13.7 Å². The Hall–Kier alpha value is -1.16. The molecule has 3 atom stereocenters. The van der Waals surface area contributed by atoms with Gasteiger partial charge in [0.2, 0.25) is 0 Å². The van der Waals surface area contributed by atoms with Gasteiger partial charge in [-0.1, -0.05) is 19.1 Å². The van der Waals surface area contributed by atoms with Crippen molar-refractivity contribution in [3.8, 4) is 0 Å². The molecule has 0 bridgehead atoms. The van der Waals surface area contributed by atoms with Gasteiger partial charge in [0.15, 0.2) is 0 Å². The highest BCUT2D eigenvalue weighted by Crippen LogP contribution is 2.37. The molecule has 0 saturated heterocycles. The maximum Gasteiger partial charge on any atom is 0.305 e. The Morgan fingerprint density at radius 1 is 1.50 bits per heavy atom. The molecule has 1 saturated carbocycles. The maximum atomic E-state index is 12.1. The molecule has 1 aliphatic carbocycles. The molecule has 1 fully saturated rings. The average Bonchev–Trinajstić information content (AvgIpc) is 2.66. The van der Waals surface area contributed by atoms with Crippen LogP contribution in [0, 0.1) is 17.8 Å². The predicted octanol–water partition coefficient (Wildman–Crippen LogP) is 1.72. The van der Waals surface area contributed by atoms with Gasteiger partial charge in [0.25, 0.3) is 0 Å². The molecule has 18 heavy (non-hydrogen) atoms. The van der Waals surface area contributed by atoms with Crippen LogP contribution in [0.2, 0.25) is 0 Å². The van der Waals surface area contributed by atoms with Crippen molar-refractivity contribution in [1.29, 1.82) is 0 Å². The predicted molar refractivity (Wildman–Crippen MR) is 67.9 cm³/mol. The van der Waals surface area contributed by atoms with E-state index >= 15 is 0 Å². The second kappa shape index (κ2) is 7.31. The minimum Gasteiger partial charge on any atom is -0.469 e. The van der Waals surface area contributed by atoms with Crippen LogP contribution in [0.15, 0.2) is 12.2 Å². The second-order valence-electron chi connectivity index (χ2n) is 4.78. The summed E-state index contributed by atoms with van der Waals surface area (Å²) in [5.41, 5.74) is 0. The molecule has 0 spiro atoms. The standard InChI is InChI=1S/C14H22O4/c1-3-4-5-6-12-10(8-13(16)18-2)7-11(9-15)14(12)17/h4-5,10-12,15H,3,6-9H2,1-2H3/b5-4+. The van der Waals surface area contributed by atoms with Crippen LogP contribution in [0.3, 0.4) is 0 Å². The fourth-order valence-electron chi connectivity index (χ4n) is 2.59. The quantitative estimate of drug-likeness (QED) is 0.579. The molecule has 0 aromatic carbocycles. The monoisotopic (exact) mass is 254 g/mol. The third-order valence-corrected chi connectivity index (χ3v) is 3.59. The van der Waals surface area contributed by atoms with Crippen LogP contribution in [0.5, 0.6) is 0 Å². The third kappa shape index (κ3) is 3.67. The Morgan fingerprint density at radius 3 is 2.78 bits per heavy atom. The Labute approximate surface area is 108 Å². The van der Waals surface area contributed by atoms with Crippen LogP contribution in [-0.4, -0.2) is 30.6 Å². The number of aliphatic hydroxyl groups excluding tert-OH is 1. The van der Waals surface area contributed by atoms with Crippen molar-refractivity contribution in [2.45, 2.75) is 32.6 Å². The number of carbonyl (C=O) groups excluding carboxylic acids is 2. The molecule has 0 aromatic heterocycles. The third-order valence-electron chi connectivity index (χ3n) is 3.59. The summed E-state index contributed by atoms with van der Waals surface area (Å²) < 4.78 is 4.66. The first-order chi connectivity index (χ1) is 8.63. The van der Waals surface area contributed by atoms with E-state index in [0.29, 0.717) is 12.8 Å². The summed E-state index contributed by atoms with van der Waals surface area (Å²) in [7, 11) is 1.36. The number of aliphatic hydroxyl groups is 1. The van der Waals surface area contributed by atoms with Crippen LogP contribution >= 0.6 is 0 Å². The van der Waals surface area contributed by atoms with Gasteiger partial charge in [-0.05, 0) is 25.2 Å². The van der Waals surface area contributed by atoms with Gasteiger partial charge in [-0.25, -0.2) is 0 Å². The van der Waals surface area contributed by atoms with Gasteiger partial charge in [-0.3, -0.25) is 9.59 Å². The summed E-state index contributed by atoms with van der Waals surface area (Å²) in [6, 6.07) is 0. The van der Waals surface area contributed by atoms with E-state index in [0.717, 1.165) is 6.42 Å². The number of ketones is 1.